The second-order valence-corrected chi connectivity index (χ2v) is 7.55. The molecule has 8 heteroatoms. The Kier molecular flexibility index (Phi) is 5.73. The molecule has 32 heavy (non-hydrogen) atoms. The minimum atomic E-state index is -0.763. The number of benzene rings is 2. The summed E-state index contributed by atoms with van der Waals surface area (Å²) < 4.78 is 28.8. The first kappa shape index (κ1) is 21.2. The van der Waals surface area contributed by atoms with Crippen molar-refractivity contribution in [3.05, 3.63) is 93.4 Å². The Labute approximate surface area is 183 Å². The number of amides is 1. The van der Waals surface area contributed by atoms with E-state index in [2.05, 4.69) is 6.07 Å². The largest absolute Gasteiger partial charge is 0.367 e. The first-order chi connectivity index (χ1) is 15.4. The third-order valence-corrected chi connectivity index (χ3v) is 5.61. The predicted molar refractivity (Wildman–Crippen MR) is 116 cm³/mol. The zero-order valence-corrected chi connectivity index (χ0v) is 17.4. The van der Waals surface area contributed by atoms with Gasteiger partial charge in [-0.15, -0.1) is 0 Å². The lowest BCUT2D eigenvalue weighted by Crippen LogP contribution is -2.50. The van der Waals surface area contributed by atoms with Crippen molar-refractivity contribution >= 4 is 11.6 Å². The van der Waals surface area contributed by atoms with Crippen LogP contribution in [0.25, 0.3) is 5.69 Å². The van der Waals surface area contributed by atoms with E-state index in [1.165, 1.54) is 6.20 Å². The summed E-state index contributed by atoms with van der Waals surface area (Å²) in [6.07, 6.45) is 1.34. The normalized spacial score (nSPS) is 13.7. The molecule has 0 saturated carbocycles. The van der Waals surface area contributed by atoms with Crippen molar-refractivity contribution in [1.82, 2.24) is 9.47 Å². The van der Waals surface area contributed by atoms with Crippen LogP contribution in [0.15, 0.2) is 59.5 Å². The number of aromatic nitrogens is 1. The molecule has 6 nitrogen and oxygen atoms in total. The van der Waals surface area contributed by atoms with Crippen molar-refractivity contribution in [3.63, 3.8) is 0 Å². The zero-order chi connectivity index (χ0) is 22.8. The molecule has 162 valence electrons. The van der Waals surface area contributed by atoms with Crippen molar-refractivity contribution in [1.29, 1.82) is 5.26 Å². The Morgan fingerprint density at radius 2 is 1.72 bits per heavy atom. The van der Waals surface area contributed by atoms with Gasteiger partial charge in [-0.25, -0.2) is 8.78 Å². The van der Waals surface area contributed by atoms with Gasteiger partial charge in [0.25, 0.3) is 11.5 Å². The van der Waals surface area contributed by atoms with Gasteiger partial charge in [0.1, 0.15) is 23.3 Å². The van der Waals surface area contributed by atoms with Gasteiger partial charge in [-0.1, -0.05) is 12.1 Å². The van der Waals surface area contributed by atoms with Gasteiger partial charge in [-0.2, -0.15) is 5.26 Å². The fourth-order valence-electron chi connectivity index (χ4n) is 3.90. The van der Waals surface area contributed by atoms with Crippen LogP contribution in [0.3, 0.4) is 0 Å². The monoisotopic (exact) mass is 434 g/mol. The van der Waals surface area contributed by atoms with Crippen LogP contribution < -0.4 is 10.5 Å². The number of carbonyl (C=O) groups is 1. The van der Waals surface area contributed by atoms with Crippen LogP contribution in [0, 0.1) is 29.9 Å². The second kappa shape index (κ2) is 8.63. The molecule has 0 atom stereocenters. The highest BCUT2D eigenvalue weighted by Gasteiger charge is 2.27. The Morgan fingerprint density at radius 1 is 1.00 bits per heavy atom. The molecule has 2 aromatic carbocycles. The van der Waals surface area contributed by atoms with Crippen molar-refractivity contribution in [2.24, 2.45) is 0 Å². The van der Waals surface area contributed by atoms with Gasteiger partial charge in [0, 0.05) is 38.4 Å². The maximum atomic E-state index is 14.2. The van der Waals surface area contributed by atoms with E-state index in [-0.39, 0.29) is 11.3 Å². The number of piperazine rings is 1. The molecule has 2 heterocycles. The summed E-state index contributed by atoms with van der Waals surface area (Å²) in [6.45, 7) is 3.37. The van der Waals surface area contributed by atoms with E-state index >= 15 is 0 Å². The fourth-order valence-corrected chi connectivity index (χ4v) is 3.90. The van der Waals surface area contributed by atoms with Crippen LogP contribution in [0.2, 0.25) is 0 Å². The number of nitrogens with zero attached hydrogens (tertiary/aromatic N) is 4. The molecule has 0 radical (unpaired) electrons. The summed E-state index contributed by atoms with van der Waals surface area (Å²) in [5.74, 6) is -1.90. The highest BCUT2D eigenvalue weighted by atomic mass is 19.1. The number of rotatable bonds is 3. The molecule has 1 fully saturated rings. The van der Waals surface area contributed by atoms with Gasteiger partial charge in [0.2, 0.25) is 0 Å². The Morgan fingerprint density at radius 3 is 2.44 bits per heavy atom. The van der Waals surface area contributed by atoms with Gasteiger partial charge in [-0.05, 0) is 42.8 Å². The number of anilines is 1. The molecule has 1 amide bonds. The number of carbonyl (C=O) groups excluding carboxylic acids is 1. The number of nitriles is 1. The summed E-state index contributed by atoms with van der Waals surface area (Å²) in [7, 11) is 0. The number of halogens is 2. The summed E-state index contributed by atoms with van der Waals surface area (Å²) in [5.41, 5.74) is 0.819. The van der Waals surface area contributed by atoms with Gasteiger partial charge < -0.3 is 9.80 Å². The predicted octanol–water partition coefficient (Wildman–Crippen LogP) is 3.26. The zero-order valence-electron chi connectivity index (χ0n) is 17.4. The van der Waals surface area contributed by atoms with Crippen LogP contribution in [0.5, 0.6) is 0 Å². The standard InChI is InChI=1S/C24H20F2N4O2/c1-16-8-9-30(21-14-18(25)6-7-19(21)26)24(32)22(16)23(31)29-12-10-28(11-13-29)20-5-3-2-4-17(20)15-27/h2-9,14H,10-13H2,1H3. The summed E-state index contributed by atoms with van der Waals surface area (Å²) >= 11 is 0. The van der Waals surface area contributed by atoms with Gasteiger partial charge in [0.15, 0.2) is 0 Å². The summed E-state index contributed by atoms with van der Waals surface area (Å²) in [6, 6.07) is 13.8. The topological polar surface area (TPSA) is 69.3 Å². The van der Waals surface area contributed by atoms with E-state index in [0.29, 0.717) is 37.3 Å². The molecule has 0 N–H and O–H groups in total. The fraction of sp³-hybridized carbons (Fsp3) is 0.208. The maximum Gasteiger partial charge on any atom is 0.268 e. The molecule has 0 spiro atoms. The number of para-hydroxylation sites is 1. The highest BCUT2D eigenvalue weighted by molar-refractivity contribution is 5.95. The van der Waals surface area contributed by atoms with Crippen LogP contribution in [-0.2, 0) is 0 Å². The molecule has 4 rings (SSSR count). The lowest BCUT2D eigenvalue weighted by atomic mass is 10.1. The van der Waals surface area contributed by atoms with Crippen molar-refractivity contribution in [2.45, 2.75) is 6.92 Å². The molecule has 1 saturated heterocycles. The number of hydrogen-bond acceptors (Lipinski definition) is 4. The summed E-state index contributed by atoms with van der Waals surface area (Å²) in [4.78, 5) is 29.9. The van der Waals surface area contributed by atoms with E-state index in [4.69, 9.17) is 0 Å². The van der Waals surface area contributed by atoms with E-state index in [1.54, 1.807) is 30.0 Å². The number of pyridine rings is 1. The minimum absolute atomic E-state index is 0.0676. The smallest absolute Gasteiger partial charge is 0.268 e. The second-order valence-electron chi connectivity index (χ2n) is 7.55. The Hall–Kier alpha value is -3.99. The van der Waals surface area contributed by atoms with E-state index in [9.17, 15) is 23.6 Å². The number of hydrogen-bond donors (Lipinski definition) is 0. The Bertz CT molecular complexity index is 1290. The molecule has 3 aromatic rings. The van der Waals surface area contributed by atoms with E-state index < -0.39 is 23.1 Å². The third-order valence-electron chi connectivity index (χ3n) is 5.61. The van der Waals surface area contributed by atoms with Crippen molar-refractivity contribution < 1.29 is 13.6 Å². The molecule has 0 bridgehead atoms. The van der Waals surface area contributed by atoms with E-state index in [0.717, 1.165) is 28.5 Å². The van der Waals surface area contributed by atoms with Gasteiger partial charge in [0.05, 0.1) is 16.9 Å². The van der Waals surface area contributed by atoms with Crippen LogP contribution >= 0.6 is 0 Å². The van der Waals surface area contributed by atoms with Gasteiger partial charge in [-0.3, -0.25) is 14.2 Å². The lowest BCUT2D eigenvalue weighted by Gasteiger charge is -2.36. The minimum Gasteiger partial charge on any atom is -0.367 e. The first-order valence-electron chi connectivity index (χ1n) is 10.1. The highest BCUT2D eigenvalue weighted by Crippen LogP contribution is 2.22. The average molecular weight is 434 g/mol. The molecule has 0 unspecified atom stereocenters. The van der Waals surface area contributed by atoms with Crippen LogP contribution in [0.4, 0.5) is 14.5 Å². The van der Waals surface area contributed by atoms with Gasteiger partial charge >= 0.3 is 0 Å². The van der Waals surface area contributed by atoms with Crippen LogP contribution in [0.1, 0.15) is 21.5 Å². The SMILES string of the molecule is Cc1ccn(-c2cc(F)ccc2F)c(=O)c1C(=O)N1CCN(c2ccccc2C#N)CC1. The molecule has 0 aliphatic carbocycles. The van der Waals surface area contributed by atoms with Crippen LogP contribution in [-0.4, -0.2) is 41.6 Å². The molecular formula is C24H20F2N4O2. The Balaban J connectivity index is 1.60. The lowest BCUT2D eigenvalue weighted by molar-refractivity contribution is 0.0744. The molecular weight excluding hydrogens is 414 g/mol. The molecule has 1 aliphatic heterocycles. The van der Waals surface area contributed by atoms with E-state index in [1.807, 2.05) is 17.0 Å². The quantitative estimate of drug-likeness (QED) is 0.635. The maximum absolute atomic E-state index is 14.2. The van der Waals surface area contributed by atoms with Crippen molar-refractivity contribution in [2.75, 3.05) is 31.1 Å². The van der Waals surface area contributed by atoms with Crippen molar-refractivity contribution in [3.8, 4) is 11.8 Å². The third kappa shape index (κ3) is 3.85. The molecule has 1 aromatic heterocycles. The average Bonchev–Trinajstić information content (AvgIpc) is 2.81. The first-order valence-corrected chi connectivity index (χ1v) is 10.1. The number of aryl methyl sites for hydroxylation is 1. The molecule has 1 aliphatic rings. The summed E-state index contributed by atoms with van der Waals surface area (Å²) in [5, 5.41) is 9.33.